The van der Waals surface area contributed by atoms with Crippen molar-refractivity contribution < 1.29 is 31.9 Å². The van der Waals surface area contributed by atoms with Crippen LogP contribution >= 0.6 is 0 Å². The fourth-order valence-corrected chi connectivity index (χ4v) is 4.49. The van der Waals surface area contributed by atoms with Crippen LogP contribution in [-0.2, 0) is 10.2 Å². The number of hydrogen-bond acceptors (Lipinski definition) is 2. The zero-order valence-electron chi connectivity index (χ0n) is 14.5. The van der Waals surface area contributed by atoms with Crippen LogP contribution in [0.1, 0.15) is 36.8 Å². The summed E-state index contributed by atoms with van der Waals surface area (Å²) in [6, 6.07) is 5.38. The Labute approximate surface area is 157 Å². The third kappa shape index (κ3) is 2.57. The number of carbonyl (C=O) groups is 1. The first kappa shape index (κ1) is 18.7. The van der Waals surface area contributed by atoms with Gasteiger partial charge in [-0.1, -0.05) is 12.1 Å². The molecule has 1 heterocycles. The Morgan fingerprint density at radius 1 is 1.00 bits per heavy atom. The zero-order valence-corrected chi connectivity index (χ0v) is 14.5. The Morgan fingerprint density at radius 2 is 1.68 bits per heavy atom. The summed E-state index contributed by atoms with van der Waals surface area (Å²) in [5, 5.41) is 11.8. The summed E-state index contributed by atoms with van der Waals surface area (Å²) in [6.07, 6.45) is -1.04. The van der Waals surface area contributed by atoms with Crippen LogP contribution in [0.4, 0.5) is 27.6 Å². The highest BCUT2D eigenvalue weighted by atomic mass is 19.3. The van der Waals surface area contributed by atoms with Crippen LogP contribution in [0.15, 0.2) is 30.3 Å². The van der Waals surface area contributed by atoms with Gasteiger partial charge < -0.3 is 10.4 Å². The first-order valence-electron chi connectivity index (χ1n) is 8.83. The predicted molar refractivity (Wildman–Crippen MR) is 90.7 cm³/mol. The number of nitrogens with one attached hydrogen (secondary N) is 1. The lowest BCUT2D eigenvalue weighted by molar-refractivity contribution is -0.123. The van der Waals surface area contributed by atoms with Crippen molar-refractivity contribution in [1.29, 1.82) is 0 Å². The van der Waals surface area contributed by atoms with E-state index in [1.165, 1.54) is 12.1 Å². The minimum atomic E-state index is -2.87. The molecular formula is C20H16F5NO2. The van der Waals surface area contributed by atoms with Gasteiger partial charge in [0.25, 0.3) is 0 Å². The molecule has 28 heavy (non-hydrogen) atoms. The molecule has 1 saturated carbocycles. The number of halogens is 5. The number of phenols is 1. The third-order valence-corrected chi connectivity index (χ3v) is 5.85. The van der Waals surface area contributed by atoms with Crippen molar-refractivity contribution in [1.82, 2.24) is 0 Å². The quantitative estimate of drug-likeness (QED) is 0.710. The number of amides is 1. The average molecular weight is 397 g/mol. The van der Waals surface area contributed by atoms with Gasteiger partial charge >= 0.3 is 0 Å². The summed E-state index contributed by atoms with van der Waals surface area (Å²) in [5.74, 6) is -8.34. The molecule has 148 valence electrons. The van der Waals surface area contributed by atoms with E-state index in [1.54, 1.807) is 0 Å². The lowest BCUT2D eigenvalue weighted by Crippen LogP contribution is -2.45. The molecule has 1 unspecified atom stereocenters. The number of alkyl halides is 2. The fraction of sp³-hybridized carbons (Fsp3) is 0.350. The van der Waals surface area contributed by atoms with Gasteiger partial charge in [0.15, 0.2) is 23.2 Å². The maximum Gasteiger partial charge on any atom is 0.248 e. The van der Waals surface area contributed by atoms with E-state index in [4.69, 9.17) is 0 Å². The maximum atomic E-state index is 14.3. The maximum absolute atomic E-state index is 14.3. The standard InChI is InChI=1S/C20H16F5NO2/c21-13-3-2-12-17(16(13)23)26-18(28)20(12,10-5-7-19(24,25)8-6-10)11-1-4-15(27)14(22)9-11/h1-4,9-10,27H,5-8H2,(H,26,28). The Balaban J connectivity index is 1.95. The second-order valence-corrected chi connectivity index (χ2v) is 7.34. The lowest BCUT2D eigenvalue weighted by Gasteiger charge is -2.40. The topological polar surface area (TPSA) is 49.3 Å². The van der Waals surface area contributed by atoms with Crippen molar-refractivity contribution in [2.75, 3.05) is 5.32 Å². The van der Waals surface area contributed by atoms with E-state index in [1.807, 2.05) is 0 Å². The molecular weight excluding hydrogens is 381 g/mol. The molecule has 0 bridgehead atoms. The molecule has 1 aliphatic carbocycles. The number of fused-ring (bicyclic) bond motifs is 1. The molecule has 3 nitrogen and oxygen atoms in total. The number of anilines is 1. The summed E-state index contributed by atoms with van der Waals surface area (Å²) in [5.41, 5.74) is -1.85. The van der Waals surface area contributed by atoms with Crippen molar-refractivity contribution in [3.63, 3.8) is 0 Å². The van der Waals surface area contributed by atoms with E-state index >= 15 is 0 Å². The van der Waals surface area contributed by atoms with E-state index in [-0.39, 0.29) is 29.7 Å². The minimum absolute atomic E-state index is 0.0542. The van der Waals surface area contributed by atoms with Gasteiger partial charge in [0.2, 0.25) is 11.8 Å². The lowest BCUT2D eigenvalue weighted by atomic mass is 9.61. The first-order chi connectivity index (χ1) is 13.2. The van der Waals surface area contributed by atoms with Crippen LogP contribution in [-0.4, -0.2) is 16.9 Å². The molecule has 1 amide bonds. The number of aromatic hydroxyl groups is 1. The van der Waals surface area contributed by atoms with Gasteiger partial charge in [0, 0.05) is 12.8 Å². The summed E-state index contributed by atoms with van der Waals surface area (Å²) in [4.78, 5) is 13.1. The molecule has 1 atom stereocenters. The van der Waals surface area contributed by atoms with E-state index in [2.05, 4.69) is 5.32 Å². The number of rotatable bonds is 2. The van der Waals surface area contributed by atoms with E-state index in [9.17, 15) is 31.9 Å². The van der Waals surface area contributed by atoms with Gasteiger partial charge in [-0.05, 0) is 48.1 Å². The van der Waals surface area contributed by atoms with E-state index in [0.29, 0.717) is 0 Å². The Hall–Kier alpha value is -2.64. The highest BCUT2D eigenvalue weighted by Gasteiger charge is 2.56. The molecule has 2 aliphatic rings. The summed E-state index contributed by atoms with van der Waals surface area (Å²) in [6.45, 7) is 0. The Morgan fingerprint density at radius 3 is 2.32 bits per heavy atom. The second-order valence-electron chi connectivity index (χ2n) is 7.34. The molecule has 4 rings (SSSR count). The molecule has 1 aliphatic heterocycles. The van der Waals surface area contributed by atoms with Crippen LogP contribution < -0.4 is 5.32 Å². The van der Waals surface area contributed by atoms with Crippen molar-refractivity contribution in [2.24, 2.45) is 5.92 Å². The summed E-state index contributed by atoms with van der Waals surface area (Å²) < 4.78 is 69.6. The van der Waals surface area contributed by atoms with Gasteiger partial charge in [0.1, 0.15) is 5.41 Å². The van der Waals surface area contributed by atoms with E-state index < -0.39 is 59.2 Å². The number of benzene rings is 2. The second kappa shape index (κ2) is 6.18. The number of hydrogen-bond donors (Lipinski definition) is 2. The smallest absolute Gasteiger partial charge is 0.248 e. The molecule has 1 fully saturated rings. The molecule has 2 aromatic rings. The molecule has 2 aromatic carbocycles. The Bertz CT molecular complexity index is 967. The van der Waals surface area contributed by atoms with Gasteiger partial charge in [0.05, 0.1) is 5.69 Å². The van der Waals surface area contributed by atoms with Crippen molar-refractivity contribution in [2.45, 2.75) is 37.0 Å². The van der Waals surface area contributed by atoms with E-state index in [0.717, 1.165) is 18.2 Å². The number of phenolic OH excluding ortho intramolecular Hbond substituents is 1. The van der Waals surface area contributed by atoms with Crippen LogP contribution in [0.25, 0.3) is 0 Å². The normalized spacial score (nSPS) is 24.1. The van der Waals surface area contributed by atoms with Gasteiger partial charge in [-0.3, -0.25) is 4.79 Å². The monoisotopic (exact) mass is 397 g/mol. The molecule has 8 heteroatoms. The summed E-state index contributed by atoms with van der Waals surface area (Å²) in [7, 11) is 0. The predicted octanol–water partition coefficient (Wildman–Crippen LogP) is 4.87. The summed E-state index contributed by atoms with van der Waals surface area (Å²) >= 11 is 0. The fourth-order valence-electron chi connectivity index (χ4n) is 4.49. The zero-order chi connectivity index (χ0) is 20.3. The van der Waals surface area contributed by atoms with Gasteiger partial charge in [-0.15, -0.1) is 0 Å². The third-order valence-electron chi connectivity index (χ3n) is 5.85. The van der Waals surface area contributed by atoms with Crippen molar-refractivity contribution in [3.8, 4) is 5.75 Å². The van der Waals surface area contributed by atoms with Gasteiger partial charge in [-0.2, -0.15) is 0 Å². The first-order valence-corrected chi connectivity index (χ1v) is 8.83. The largest absolute Gasteiger partial charge is 0.505 e. The highest BCUT2D eigenvalue weighted by Crippen LogP contribution is 2.54. The molecule has 0 saturated heterocycles. The van der Waals surface area contributed by atoms with Crippen LogP contribution in [0.2, 0.25) is 0 Å². The SMILES string of the molecule is O=C1Nc2c(ccc(F)c2F)C1(c1ccc(O)c(F)c1)C1CCC(F)(F)CC1. The minimum Gasteiger partial charge on any atom is -0.505 e. The number of carbonyl (C=O) groups excluding carboxylic acids is 1. The van der Waals surface area contributed by atoms with Gasteiger partial charge in [-0.25, -0.2) is 22.0 Å². The van der Waals surface area contributed by atoms with Crippen LogP contribution in [0.3, 0.4) is 0 Å². The van der Waals surface area contributed by atoms with Crippen LogP contribution in [0, 0.1) is 23.4 Å². The van der Waals surface area contributed by atoms with Crippen molar-refractivity contribution >= 4 is 11.6 Å². The highest BCUT2D eigenvalue weighted by molar-refractivity contribution is 6.09. The molecule has 0 aromatic heterocycles. The Kier molecular flexibility index (Phi) is 4.13. The average Bonchev–Trinajstić information content (AvgIpc) is 2.94. The molecule has 2 N–H and O–H groups in total. The van der Waals surface area contributed by atoms with Crippen LogP contribution in [0.5, 0.6) is 5.75 Å². The van der Waals surface area contributed by atoms with Crippen molar-refractivity contribution in [3.05, 3.63) is 58.9 Å². The molecule has 0 radical (unpaired) electrons. The molecule has 0 spiro atoms.